The van der Waals surface area contributed by atoms with Crippen molar-refractivity contribution in [2.45, 2.75) is 0 Å². The predicted molar refractivity (Wildman–Crippen MR) is 85.6 cm³/mol. The summed E-state index contributed by atoms with van der Waals surface area (Å²) in [5.41, 5.74) is 7.19. The number of benzene rings is 2. The Labute approximate surface area is 131 Å². The van der Waals surface area contributed by atoms with Gasteiger partial charge in [-0.3, -0.25) is 4.79 Å². The molecule has 3 N–H and O–H groups in total. The standard InChI is InChI=1S/C15H11FN4O.ClH/c16-11-3-1-9(2-4-11)14(21)19-12-5-6-13-10(7-12)8-18-15(17)20-13;/h1-8H,(H,19,21)(H2,17,18,20);1H. The Kier molecular flexibility index (Phi) is 4.53. The molecular formula is C15H12ClFN4O. The average Bonchev–Trinajstić information content (AvgIpc) is 2.48. The number of fused-ring (bicyclic) bond motifs is 1. The van der Waals surface area contributed by atoms with Gasteiger partial charge in [-0.2, -0.15) is 0 Å². The van der Waals surface area contributed by atoms with E-state index in [-0.39, 0.29) is 30.1 Å². The molecule has 0 saturated carbocycles. The summed E-state index contributed by atoms with van der Waals surface area (Å²) in [5.74, 6) is -0.497. The number of anilines is 2. The highest BCUT2D eigenvalue weighted by Gasteiger charge is 2.07. The number of aromatic nitrogens is 2. The molecule has 3 aromatic rings. The zero-order valence-corrected chi connectivity index (χ0v) is 12.1. The van der Waals surface area contributed by atoms with E-state index in [2.05, 4.69) is 15.3 Å². The maximum absolute atomic E-state index is 12.8. The lowest BCUT2D eigenvalue weighted by Crippen LogP contribution is -2.11. The molecule has 7 heteroatoms. The van der Waals surface area contributed by atoms with Crippen LogP contribution in [0.4, 0.5) is 16.0 Å². The Hall–Kier alpha value is -2.73. The Morgan fingerprint density at radius 1 is 1.14 bits per heavy atom. The topological polar surface area (TPSA) is 80.9 Å². The van der Waals surface area contributed by atoms with Gasteiger partial charge in [-0.15, -0.1) is 12.4 Å². The Morgan fingerprint density at radius 3 is 2.59 bits per heavy atom. The van der Waals surface area contributed by atoms with E-state index >= 15 is 0 Å². The third kappa shape index (κ3) is 3.29. The smallest absolute Gasteiger partial charge is 0.255 e. The lowest BCUT2D eigenvalue weighted by atomic mass is 10.2. The summed E-state index contributed by atoms with van der Waals surface area (Å²) in [4.78, 5) is 20.0. The van der Waals surface area contributed by atoms with Gasteiger partial charge in [0.25, 0.3) is 5.91 Å². The van der Waals surface area contributed by atoms with Crippen molar-refractivity contribution in [2.75, 3.05) is 11.1 Å². The monoisotopic (exact) mass is 318 g/mol. The number of carbonyl (C=O) groups is 1. The first-order chi connectivity index (χ1) is 10.1. The van der Waals surface area contributed by atoms with Gasteiger partial charge in [-0.05, 0) is 42.5 Å². The van der Waals surface area contributed by atoms with Gasteiger partial charge in [0.15, 0.2) is 0 Å². The highest BCUT2D eigenvalue weighted by atomic mass is 35.5. The first kappa shape index (κ1) is 15.7. The largest absolute Gasteiger partial charge is 0.368 e. The summed E-state index contributed by atoms with van der Waals surface area (Å²) < 4.78 is 12.8. The van der Waals surface area contributed by atoms with Crippen molar-refractivity contribution in [3.05, 3.63) is 60.0 Å². The van der Waals surface area contributed by atoms with Crippen LogP contribution in [0.1, 0.15) is 10.4 Å². The van der Waals surface area contributed by atoms with Crippen LogP contribution in [0, 0.1) is 5.82 Å². The molecule has 0 unspecified atom stereocenters. The molecule has 0 spiro atoms. The molecule has 1 amide bonds. The fraction of sp³-hybridized carbons (Fsp3) is 0. The maximum atomic E-state index is 12.8. The second kappa shape index (κ2) is 6.36. The predicted octanol–water partition coefficient (Wildman–Crippen LogP) is 3.03. The fourth-order valence-electron chi connectivity index (χ4n) is 1.93. The van der Waals surface area contributed by atoms with Crippen molar-refractivity contribution in [3.8, 4) is 0 Å². The summed E-state index contributed by atoms with van der Waals surface area (Å²) in [7, 11) is 0. The van der Waals surface area contributed by atoms with Crippen LogP contribution in [0.5, 0.6) is 0 Å². The Bertz CT molecular complexity index is 823. The molecule has 2 aromatic carbocycles. The number of hydrogen-bond donors (Lipinski definition) is 2. The molecule has 1 aromatic heterocycles. The quantitative estimate of drug-likeness (QED) is 0.761. The van der Waals surface area contributed by atoms with Crippen molar-refractivity contribution in [1.82, 2.24) is 9.97 Å². The van der Waals surface area contributed by atoms with E-state index in [0.29, 0.717) is 16.8 Å². The first-order valence-electron chi connectivity index (χ1n) is 6.21. The van der Waals surface area contributed by atoms with Crippen LogP contribution < -0.4 is 11.1 Å². The molecule has 0 aliphatic carbocycles. The van der Waals surface area contributed by atoms with Crippen LogP contribution in [0.15, 0.2) is 48.7 Å². The molecule has 3 rings (SSSR count). The molecule has 0 fully saturated rings. The minimum atomic E-state index is -0.382. The van der Waals surface area contributed by atoms with Crippen molar-refractivity contribution in [3.63, 3.8) is 0 Å². The van der Waals surface area contributed by atoms with Crippen LogP contribution in [0.25, 0.3) is 10.9 Å². The van der Waals surface area contributed by atoms with Gasteiger partial charge in [0.2, 0.25) is 5.95 Å². The first-order valence-corrected chi connectivity index (χ1v) is 6.21. The number of carbonyl (C=O) groups excluding carboxylic acids is 1. The van der Waals surface area contributed by atoms with Gasteiger partial charge in [0.1, 0.15) is 5.82 Å². The van der Waals surface area contributed by atoms with Crippen molar-refractivity contribution < 1.29 is 9.18 Å². The Balaban J connectivity index is 0.00000176. The summed E-state index contributed by atoms with van der Waals surface area (Å²) >= 11 is 0. The van der Waals surface area contributed by atoms with E-state index in [0.717, 1.165) is 5.39 Å². The molecule has 0 aliphatic rings. The van der Waals surface area contributed by atoms with Gasteiger partial charge in [-0.1, -0.05) is 0 Å². The molecular weight excluding hydrogens is 307 g/mol. The molecule has 0 atom stereocenters. The fourth-order valence-corrected chi connectivity index (χ4v) is 1.93. The average molecular weight is 319 g/mol. The maximum Gasteiger partial charge on any atom is 0.255 e. The van der Waals surface area contributed by atoms with Gasteiger partial charge < -0.3 is 11.1 Å². The van der Waals surface area contributed by atoms with E-state index in [1.807, 2.05) is 0 Å². The molecule has 0 radical (unpaired) electrons. The van der Waals surface area contributed by atoms with Gasteiger partial charge in [-0.25, -0.2) is 14.4 Å². The second-order valence-electron chi connectivity index (χ2n) is 4.46. The molecule has 5 nitrogen and oxygen atoms in total. The van der Waals surface area contributed by atoms with E-state index in [1.165, 1.54) is 24.3 Å². The third-order valence-electron chi connectivity index (χ3n) is 2.96. The molecule has 1 heterocycles. The number of hydrogen-bond acceptors (Lipinski definition) is 4. The summed E-state index contributed by atoms with van der Waals surface area (Å²) in [5, 5.41) is 3.50. The number of nitrogens with two attached hydrogens (primary N) is 1. The number of rotatable bonds is 2. The lowest BCUT2D eigenvalue weighted by molar-refractivity contribution is 0.102. The summed E-state index contributed by atoms with van der Waals surface area (Å²) in [6.07, 6.45) is 1.59. The number of nitrogen functional groups attached to an aromatic ring is 1. The molecule has 112 valence electrons. The third-order valence-corrected chi connectivity index (χ3v) is 2.96. The highest BCUT2D eigenvalue weighted by molar-refractivity contribution is 6.05. The SMILES string of the molecule is Cl.Nc1ncc2cc(NC(=O)c3ccc(F)cc3)ccc2n1. The minimum Gasteiger partial charge on any atom is -0.368 e. The molecule has 0 aliphatic heterocycles. The van der Waals surface area contributed by atoms with Crippen molar-refractivity contribution >= 4 is 40.9 Å². The molecule has 0 bridgehead atoms. The number of nitrogens with zero attached hydrogens (tertiary/aromatic N) is 2. The number of halogens is 2. The van der Waals surface area contributed by atoms with Gasteiger partial charge >= 0.3 is 0 Å². The zero-order chi connectivity index (χ0) is 14.8. The van der Waals surface area contributed by atoms with Crippen LogP contribution in [-0.4, -0.2) is 15.9 Å². The van der Waals surface area contributed by atoms with Crippen molar-refractivity contribution in [2.24, 2.45) is 0 Å². The van der Waals surface area contributed by atoms with Crippen LogP contribution in [0.3, 0.4) is 0 Å². The van der Waals surface area contributed by atoms with E-state index < -0.39 is 0 Å². The van der Waals surface area contributed by atoms with E-state index in [9.17, 15) is 9.18 Å². The number of nitrogens with one attached hydrogen (secondary N) is 1. The van der Waals surface area contributed by atoms with Crippen LogP contribution >= 0.6 is 12.4 Å². The van der Waals surface area contributed by atoms with Crippen LogP contribution in [-0.2, 0) is 0 Å². The van der Waals surface area contributed by atoms with Gasteiger partial charge in [0, 0.05) is 22.8 Å². The van der Waals surface area contributed by atoms with Crippen molar-refractivity contribution in [1.29, 1.82) is 0 Å². The number of amides is 1. The van der Waals surface area contributed by atoms with Crippen LogP contribution in [0.2, 0.25) is 0 Å². The van der Waals surface area contributed by atoms with E-state index in [4.69, 9.17) is 5.73 Å². The van der Waals surface area contributed by atoms with E-state index in [1.54, 1.807) is 24.4 Å². The Morgan fingerprint density at radius 2 is 1.86 bits per heavy atom. The zero-order valence-electron chi connectivity index (χ0n) is 11.3. The summed E-state index contributed by atoms with van der Waals surface area (Å²) in [6.45, 7) is 0. The molecule has 22 heavy (non-hydrogen) atoms. The highest BCUT2D eigenvalue weighted by Crippen LogP contribution is 2.18. The minimum absolute atomic E-state index is 0. The molecule has 0 saturated heterocycles. The summed E-state index contributed by atoms with van der Waals surface area (Å²) in [6, 6.07) is 10.5. The lowest BCUT2D eigenvalue weighted by Gasteiger charge is -2.06. The normalized spacial score (nSPS) is 10.0. The second-order valence-corrected chi connectivity index (χ2v) is 4.46. The van der Waals surface area contributed by atoms with Gasteiger partial charge in [0.05, 0.1) is 5.52 Å².